The molecular weight excluding hydrogens is 312 g/mol. The van der Waals surface area contributed by atoms with Gasteiger partial charge in [0, 0.05) is 6.54 Å². The molecule has 1 aliphatic heterocycles. The first-order valence-corrected chi connectivity index (χ1v) is 11.0. The van der Waals surface area contributed by atoms with E-state index in [4.69, 9.17) is 9.16 Å². The summed E-state index contributed by atoms with van der Waals surface area (Å²) in [7, 11) is -1.88. The van der Waals surface area contributed by atoms with Crippen molar-refractivity contribution in [1.82, 2.24) is 10.2 Å². The fourth-order valence-corrected chi connectivity index (χ4v) is 2.96. The van der Waals surface area contributed by atoms with Gasteiger partial charge < -0.3 is 14.5 Å². The number of amides is 2. The number of nitrogens with zero attached hydrogens (tertiary/aromatic N) is 1. The maximum absolute atomic E-state index is 12.2. The number of piperazine rings is 1. The summed E-state index contributed by atoms with van der Waals surface area (Å²) >= 11 is 0. The average Bonchev–Trinajstić information content (AvgIpc) is 2.32. The molecule has 6 nitrogen and oxygen atoms in total. The van der Waals surface area contributed by atoms with E-state index in [-0.39, 0.29) is 23.5 Å². The van der Waals surface area contributed by atoms with E-state index < -0.39 is 20.0 Å². The van der Waals surface area contributed by atoms with Crippen molar-refractivity contribution in [2.75, 3.05) is 19.7 Å². The molecule has 0 spiro atoms. The molecule has 1 rings (SSSR count). The van der Waals surface area contributed by atoms with Crippen LogP contribution in [0.3, 0.4) is 0 Å². The van der Waals surface area contributed by atoms with Crippen molar-refractivity contribution in [2.24, 2.45) is 0 Å². The molecule has 0 aliphatic carbocycles. The van der Waals surface area contributed by atoms with E-state index in [0.29, 0.717) is 13.2 Å². The van der Waals surface area contributed by atoms with E-state index in [1.54, 1.807) is 0 Å². The highest BCUT2D eigenvalue weighted by atomic mass is 28.4. The average molecular weight is 345 g/mol. The van der Waals surface area contributed by atoms with E-state index in [9.17, 15) is 9.59 Å². The molecule has 0 unspecified atom stereocenters. The van der Waals surface area contributed by atoms with Gasteiger partial charge in [-0.1, -0.05) is 20.8 Å². The first-order chi connectivity index (χ1) is 10.2. The van der Waals surface area contributed by atoms with Crippen LogP contribution in [-0.2, 0) is 14.0 Å². The quantitative estimate of drug-likeness (QED) is 0.799. The van der Waals surface area contributed by atoms with Gasteiger partial charge in [0.1, 0.15) is 12.1 Å². The van der Waals surface area contributed by atoms with E-state index in [1.165, 1.54) is 4.90 Å². The monoisotopic (exact) mass is 344 g/mol. The van der Waals surface area contributed by atoms with Crippen LogP contribution in [0, 0.1) is 0 Å². The van der Waals surface area contributed by atoms with Gasteiger partial charge in [-0.3, -0.25) is 9.69 Å². The standard InChI is InChI=1S/C16H32N2O4Si/c1-15(2,3)22-14(20)18-9-12(17-13(19)10-18)11-21-23(7,8)16(4,5)6/h12H,9-11H2,1-8H3,(H,17,19)/t12-/m0/s1. The second-order valence-corrected chi connectivity index (χ2v) is 13.5. The third kappa shape index (κ3) is 6.14. The van der Waals surface area contributed by atoms with Crippen LogP contribution in [0.1, 0.15) is 41.5 Å². The lowest BCUT2D eigenvalue weighted by Gasteiger charge is -2.39. The number of carbonyl (C=O) groups excluding carboxylic acids is 2. The molecular formula is C16H32N2O4Si. The third-order valence-electron chi connectivity index (χ3n) is 4.24. The molecule has 23 heavy (non-hydrogen) atoms. The summed E-state index contributed by atoms with van der Waals surface area (Å²) in [6, 6.07) is -0.196. The van der Waals surface area contributed by atoms with Crippen LogP contribution >= 0.6 is 0 Å². The van der Waals surface area contributed by atoms with Crippen LogP contribution in [0.2, 0.25) is 18.1 Å². The Morgan fingerprint density at radius 2 is 1.83 bits per heavy atom. The summed E-state index contributed by atoms with van der Waals surface area (Å²) in [4.78, 5) is 25.5. The molecule has 0 bridgehead atoms. The van der Waals surface area contributed by atoms with Crippen LogP contribution in [0.15, 0.2) is 0 Å². The lowest BCUT2D eigenvalue weighted by molar-refractivity contribution is -0.126. The first-order valence-electron chi connectivity index (χ1n) is 8.12. The zero-order chi connectivity index (χ0) is 18.1. The molecule has 0 aromatic rings. The number of rotatable bonds is 3. The van der Waals surface area contributed by atoms with Gasteiger partial charge in [0.25, 0.3) is 0 Å². The summed E-state index contributed by atoms with van der Waals surface area (Å²) in [6.07, 6.45) is -0.454. The first kappa shape index (κ1) is 20.0. The Hall–Kier alpha value is -1.08. The fraction of sp³-hybridized carbons (Fsp3) is 0.875. The third-order valence-corrected chi connectivity index (χ3v) is 8.74. The fourth-order valence-electron chi connectivity index (χ4n) is 1.91. The Bertz CT molecular complexity index is 452. The molecule has 1 N–H and O–H groups in total. The van der Waals surface area contributed by atoms with E-state index in [1.807, 2.05) is 20.8 Å². The highest BCUT2D eigenvalue weighted by Gasteiger charge is 2.39. The van der Waals surface area contributed by atoms with Crippen LogP contribution < -0.4 is 5.32 Å². The number of hydrogen-bond acceptors (Lipinski definition) is 4. The van der Waals surface area contributed by atoms with Crippen LogP contribution in [0.4, 0.5) is 4.79 Å². The van der Waals surface area contributed by atoms with Crippen molar-refractivity contribution in [3.8, 4) is 0 Å². The maximum Gasteiger partial charge on any atom is 0.410 e. The van der Waals surface area contributed by atoms with E-state index in [2.05, 4.69) is 39.2 Å². The van der Waals surface area contributed by atoms with Crippen molar-refractivity contribution in [2.45, 2.75) is 71.3 Å². The molecule has 0 radical (unpaired) electrons. The van der Waals surface area contributed by atoms with E-state index >= 15 is 0 Å². The minimum Gasteiger partial charge on any atom is -0.444 e. The second kappa shape index (κ2) is 6.81. The number of carbonyl (C=O) groups is 2. The van der Waals surface area contributed by atoms with Gasteiger partial charge in [-0.25, -0.2) is 4.79 Å². The van der Waals surface area contributed by atoms with Gasteiger partial charge in [-0.15, -0.1) is 0 Å². The lowest BCUT2D eigenvalue weighted by atomic mass is 10.2. The SMILES string of the molecule is CC(C)(C)OC(=O)N1CC(=O)N[C@H](CO[Si](C)(C)C(C)(C)C)C1. The zero-order valence-corrected chi connectivity index (χ0v) is 16.8. The lowest BCUT2D eigenvalue weighted by Crippen LogP contribution is -2.59. The van der Waals surface area contributed by atoms with Crippen molar-refractivity contribution in [3.63, 3.8) is 0 Å². The van der Waals surface area contributed by atoms with Crippen molar-refractivity contribution >= 4 is 20.3 Å². The van der Waals surface area contributed by atoms with Gasteiger partial charge in [0.15, 0.2) is 8.32 Å². The minimum absolute atomic E-state index is 0.0332. The van der Waals surface area contributed by atoms with Gasteiger partial charge in [-0.2, -0.15) is 0 Å². The Kier molecular flexibility index (Phi) is 5.91. The normalized spacial score (nSPS) is 20.3. The predicted molar refractivity (Wildman–Crippen MR) is 92.9 cm³/mol. The number of nitrogens with one attached hydrogen (secondary N) is 1. The summed E-state index contributed by atoms with van der Waals surface area (Å²) in [5.41, 5.74) is -0.571. The van der Waals surface area contributed by atoms with Crippen LogP contribution in [-0.4, -0.2) is 56.6 Å². The Labute approximate surface area is 141 Å². The van der Waals surface area contributed by atoms with Crippen LogP contribution in [0.25, 0.3) is 0 Å². The molecule has 1 fully saturated rings. The number of hydrogen-bond donors (Lipinski definition) is 1. The molecule has 1 saturated heterocycles. The molecule has 134 valence electrons. The maximum atomic E-state index is 12.2. The predicted octanol–water partition coefficient (Wildman–Crippen LogP) is 2.74. The smallest absolute Gasteiger partial charge is 0.410 e. The Balaban J connectivity index is 2.65. The molecule has 7 heteroatoms. The van der Waals surface area contributed by atoms with Gasteiger partial charge in [0.05, 0.1) is 12.6 Å². The largest absolute Gasteiger partial charge is 0.444 e. The highest BCUT2D eigenvalue weighted by Crippen LogP contribution is 2.36. The summed E-state index contributed by atoms with van der Waals surface area (Å²) < 4.78 is 11.5. The summed E-state index contributed by atoms with van der Waals surface area (Å²) in [5, 5.41) is 3.00. The van der Waals surface area contributed by atoms with Gasteiger partial charge in [0.2, 0.25) is 5.91 Å². The molecule has 1 aliphatic rings. The number of ether oxygens (including phenoxy) is 1. The minimum atomic E-state index is -1.88. The van der Waals surface area contributed by atoms with Gasteiger partial charge in [-0.05, 0) is 38.9 Å². The Morgan fingerprint density at radius 1 is 1.26 bits per heavy atom. The molecule has 0 aromatic carbocycles. The van der Waals surface area contributed by atoms with E-state index in [0.717, 1.165) is 0 Å². The molecule has 1 atom stereocenters. The molecule has 0 saturated carbocycles. The van der Waals surface area contributed by atoms with Crippen molar-refractivity contribution in [1.29, 1.82) is 0 Å². The summed E-state index contributed by atoms with van der Waals surface area (Å²) in [5.74, 6) is -0.175. The highest BCUT2D eigenvalue weighted by molar-refractivity contribution is 6.74. The zero-order valence-electron chi connectivity index (χ0n) is 15.8. The molecule has 2 amide bonds. The molecule has 0 aromatic heterocycles. The molecule has 1 heterocycles. The Morgan fingerprint density at radius 3 is 2.30 bits per heavy atom. The second-order valence-electron chi connectivity index (χ2n) is 8.70. The van der Waals surface area contributed by atoms with Gasteiger partial charge >= 0.3 is 6.09 Å². The topological polar surface area (TPSA) is 67.9 Å². The van der Waals surface area contributed by atoms with Crippen molar-refractivity contribution in [3.05, 3.63) is 0 Å². The van der Waals surface area contributed by atoms with Crippen LogP contribution in [0.5, 0.6) is 0 Å². The summed E-state index contributed by atoms with van der Waals surface area (Å²) in [6.45, 7) is 17.2. The van der Waals surface area contributed by atoms with Crippen molar-refractivity contribution < 1.29 is 18.8 Å².